The van der Waals surface area contributed by atoms with Gasteiger partial charge in [0.1, 0.15) is 0 Å². The minimum atomic E-state index is -0.218. The van der Waals surface area contributed by atoms with Crippen molar-refractivity contribution in [2.45, 2.75) is 12.8 Å². The fourth-order valence-electron chi connectivity index (χ4n) is 3.13. The number of amides is 1. The van der Waals surface area contributed by atoms with Gasteiger partial charge in [0, 0.05) is 32.1 Å². The summed E-state index contributed by atoms with van der Waals surface area (Å²) in [5.41, 5.74) is -0.218. The van der Waals surface area contributed by atoms with E-state index in [1.165, 1.54) is 12.8 Å². The van der Waals surface area contributed by atoms with Crippen LogP contribution >= 0.6 is 0 Å². The minimum Gasteiger partial charge on any atom is -0.380 e. The number of carbonyl (C=O) groups excluding carboxylic acids is 1. The molecule has 0 bridgehead atoms. The number of ether oxygens (including phenoxy) is 1. The zero-order chi connectivity index (χ0) is 10.3. The van der Waals surface area contributed by atoms with Crippen LogP contribution in [-0.4, -0.2) is 50.2 Å². The first kappa shape index (κ1) is 9.60. The molecule has 0 aliphatic carbocycles. The Bertz CT molecular complexity index is 264. The summed E-state index contributed by atoms with van der Waals surface area (Å²) in [6.45, 7) is 5.04. The first-order chi connectivity index (χ1) is 7.33. The van der Waals surface area contributed by atoms with Crippen LogP contribution in [0.3, 0.4) is 0 Å². The molecule has 0 aromatic rings. The lowest BCUT2D eigenvalue weighted by atomic mass is 9.79. The molecule has 3 rings (SSSR count). The molecule has 84 valence electrons. The van der Waals surface area contributed by atoms with Gasteiger partial charge in [0.25, 0.3) is 0 Å². The Kier molecular flexibility index (Phi) is 2.21. The molecule has 0 spiro atoms. The van der Waals surface area contributed by atoms with E-state index in [2.05, 4.69) is 5.32 Å². The van der Waals surface area contributed by atoms with Gasteiger partial charge in [-0.2, -0.15) is 0 Å². The minimum absolute atomic E-state index is 0.218. The van der Waals surface area contributed by atoms with Crippen LogP contribution in [0.15, 0.2) is 0 Å². The lowest BCUT2D eigenvalue weighted by Crippen LogP contribution is -2.47. The van der Waals surface area contributed by atoms with Crippen molar-refractivity contribution >= 4 is 5.91 Å². The smallest absolute Gasteiger partial charge is 0.232 e. The van der Waals surface area contributed by atoms with Crippen molar-refractivity contribution in [3.63, 3.8) is 0 Å². The van der Waals surface area contributed by atoms with Crippen molar-refractivity contribution in [3.8, 4) is 0 Å². The molecule has 4 heteroatoms. The second-order valence-electron chi connectivity index (χ2n) is 5.00. The number of carbonyl (C=O) groups is 1. The predicted octanol–water partition coefficient (Wildman–Crippen LogP) is -0.155. The van der Waals surface area contributed by atoms with E-state index < -0.39 is 0 Å². The molecule has 3 saturated heterocycles. The van der Waals surface area contributed by atoms with Gasteiger partial charge in [0.2, 0.25) is 5.91 Å². The first-order valence-corrected chi connectivity index (χ1v) is 5.91. The second-order valence-corrected chi connectivity index (χ2v) is 5.00. The van der Waals surface area contributed by atoms with Crippen LogP contribution in [-0.2, 0) is 9.53 Å². The number of fused-ring (bicyclic) bond motifs is 1. The highest BCUT2D eigenvalue weighted by Crippen LogP contribution is 2.39. The van der Waals surface area contributed by atoms with Crippen LogP contribution in [0.25, 0.3) is 0 Å². The van der Waals surface area contributed by atoms with Gasteiger partial charge in [-0.15, -0.1) is 0 Å². The highest BCUT2D eigenvalue weighted by Gasteiger charge is 2.54. The van der Waals surface area contributed by atoms with E-state index in [4.69, 9.17) is 4.74 Å². The van der Waals surface area contributed by atoms with Crippen molar-refractivity contribution in [2.75, 3.05) is 39.4 Å². The largest absolute Gasteiger partial charge is 0.380 e. The Morgan fingerprint density at radius 1 is 1.40 bits per heavy atom. The topological polar surface area (TPSA) is 41.6 Å². The second kappa shape index (κ2) is 3.46. The van der Waals surface area contributed by atoms with Crippen molar-refractivity contribution in [2.24, 2.45) is 11.3 Å². The Morgan fingerprint density at radius 2 is 2.20 bits per heavy atom. The van der Waals surface area contributed by atoms with Crippen LogP contribution in [0.1, 0.15) is 12.8 Å². The Labute approximate surface area is 90.0 Å². The Hall–Kier alpha value is -0.610. The van der Waals surface area contributed by atoms with Crippen molar-refractivity contribution in [1.82, 2.24) is 10.2 Å². The molecule has 0 unspecified atom stereocenters. The lowest BCUT2D eigenvalue weighted by Gasteiger charge is -2.30. The van der Waals surface area contributed by atoms with E-state index in [0.29, 0.717) is 18.4 Å². The van der Waals surface area contributed by atoms with Gasteiger partial charge < -0.3 is 15.0 Å². The van der Waals surface area contributed by atoms with E-state index >= 15 is 0 Å². The highest BCUT2D eigenvalue weighted by molar-refractivity contribution is 5.84. The van der Waals surface area contributed by atoms with E-state index in [0.717, 1.165) is 32.8 Å². The fourth-order valence-corrected chi connectivity index (χ4v) is 3.13. The molecule has 0 radical (unpaired) electrons. The molecule has 3 aliphatic heterocycles. The average Bonchev–Trinajstić information content (AvgIpc) is 2.93. The predicted molar refractivity (Wildman–Crippen MR) is 55.4 cm³/mol. The highest BCUT2D eigenvalue weighted by atomic mass is 16.5. The number of likely N-dealkylation sites (tertiary alicyclic amines) is 1. The first-order valence-electron chi connectivity index (χ1n) is 5.91. The molecule has 0 saturated carbocycles. The van der Waals surface area contributed by atoms with E-state index in [-0.39, 0.29) is 5.41 Å². The number of hydrogen-bond acceptors (Lipinski definition) is 3. The molecular formula is C11H18N2O2. The van der Waals surface area contributed by atoms with Gasteiger partial charge in [-0.25, -0.2) is 0 Å². The molecule has 0 aromatic carbocycles. The summed E-state index contributed by atoms with van der Waals surface area (Å²) in [6, 6.07) is 0. The molecular weight excluding hydrogens is 192 g/mol. The number of hydrogen-bond donors (Lipinski definition) is 1. The Morgan fingerprint density at radius 3 is 3.00 bits per heavy atom. The molecule has 15 heavy (non-hydrogen) atoms. The van der Waals surface area contributed by atoms with Crippen molar-refractivity contribution in [3.05, 3.63) is 0 Å². The summed E-state index contributed by atoms with van der Waals surface area (Å²) in [6.07, 6.45) is 2.33. The van der Waals surface area contributed by atoms with Crippen LogP contribution in [0.4, 0.5) is 0 Å². The molecule has 3 fully saturated rings. The quantitative estimate of drug-likeness (QED) is 0.654. The fraction of sp³-hybridized carbons (Fsp3) is 0.909. The third-order valence-electron chi connectivity index (χ3n) is 4.11. The summed E-state index contributed by atoms with van der Waals surface area (Å²) >= 11 is 0. The van der Waals surface area contributed by atoms with Crippen LogP contribution in [0.2, 0.25) is 0 Å². The summed E-state index contributed by atoms with van der Waals surface area (Å²) in [5.74, 6) is 0.748. The molecule has 3 heterocycles. The van der Waals surface area contributed by atoms with Gasteiger partial charge in [-0.05, 0) is 12.8 Å². The monoisotopic (exact) mass is 210 g/mol. The standard InChI is InChI=1S/C11H18N2O2/c14-10(13-3-1-2-4-13)11-7-12-5-9(11)6-15-8-11/h9,12H,1-8H2/t9-,11-/m0/s1. The van der Waals surface area contributed by atoms with E-state index in [9.17, 15) is 4.79 Å². The third kappa shape index (κ3) is 1.31. The third-order valence-corrected chi connectivity index (χ3v) is 4.11. The van der Waals surface area contributed by atoms with Gasteiger partial charge in [0.05, 0.1) is 18.6 Å². The van der Waals surface area contributed by atoms with E-state index in [1.54, 1.807) is 0 Å². The maximum atomic E-state index is 12.5. The normalized spacial score (nSPS) is 39.7. The summed E-state index contributed by atoms with van der Waals surface area (Å²) in [4.78, 5) is 14.5. The summed E-state index contributed by atoms with van der Waals surface area (Å²) in [7, 11) is 0. The van der Waals surface area contributed by atoms with Gasteiger partial charge in [-0.3, -0.25) is 4.79 Å². The molecule has 4 nitrogen and oxygen atoms in total. The molecule has 0 aromatic heterocycles. The Balaban J connectivity index is 1.81. The lowest BCUT2D eigenvalue weighted by molar-refractivity contribution is -0.141. The van der Waals surface area contributed by atoms with Gasteiger partial charge >= 0.3 is 0 Å². The summed E-state index contributed by atoms with van der Waals surface area (Å²) in [5, 5.41) is 3.34. The van der Waals surface area contributed by atoms with Crippen LogP contribution in [0.5, 0.6) is 0 Å². The zero-order valence-corrected chi connectivity index (χ0v) is 9.00. The van der Waals surface area contributed by atoms with Crippen LogP contribution < -0.4 is 5.32 Å². The molecule has 2 atom stereocenters. The van der Waals surface area contributed by atoms with Crippen molar-refractivity contribution in [1.29, 1.82) is 0 Å². The number of rotatable bonds is 1. The SMILES string of the molecule is O=C(N1CCCC1)[C@]12CNC[C@H]1COC2. The molecule has 3 aliphatic rings. The van der Waals surface area contributed by atoms with E-state index in [1.807, 2.05) is 4.90 Å². The zero-order valence-electron chi connectivity index (χ0n) is 9.00. The van der Waals surface area contributed by atoms with Gasteiger partial charge in [0.15, 0.2) is 0 Å². The molecule has 1 N–H and O–H groups in total. The van der Waals surface area contributed by atoms with Crippen molar-refractivity contribution < 1.29 is 9.53 Å². The maximum absolute atomic E-state index is 12.5. The number of nitrogens with zero attached hydrogens (tertiary/aromatic N) is 1. The summed E-state index contributed by atoms with van der Waals surface area (Å²) < 4.78 is 5.51. The average molecular weight is 210 g/mol. The molecule has 1 amide bonds. The maximum Gasteiger partial charge on any atom is 0.232 e. The number of nitrogens with one attached hydrogen (secondary N) is 1. The van der Waals surface area contributed by atoms with Crippen LogP contribution in [0, 0.1) is 11.3 Å². The van der Waals surface area contributed by atoms with Gasteiger partial charge in [-0.1, -0.05) is 0 Å².